The normalized spacial score (nSPS) is 43.3. The fraction of sp³-hybridized carbons (Fsp3) is 0.429. The summed E-state index contributed by atoms with van der Waals surface area (Å²) in [5.74, 6) is 0. The van der Waals surface area contributed by atoms with Gasteiger partial charge in [-0.25, -0.2) is 0 Å². The van der Waals surface area contributed by atoms with E-state index in [1.165, 1.54) is 6.42 Å². The Morgan fingerprint density at radius 3 is 2.57 bits per heavy atom. The summed E-state index contributed by atoms with van der Waals surface area (Å²) in [5.41, 5.74) is 3.92. The minimum atomic E-state index is 0.325. The van der Waals surface area contributed by atoms with Crippen LogP contribution in [-0.2, 0) is 0 Å². The molecular formula is C14H16. The average molecular weight is 184 g/mol. The molecule has 0 aromatic carbocycles. The summed E-state index contributed by atoms with van der Waals surface area (Å²) in [6.07, 6.45) is 16.1. The van der Waals surface area contributed by atoms with E-state index in [1.807, 2.05) is 0 Å². The van der Waals surface area contributed by atoms with Crippen LogP contribution in [0.5, 0.6) is 0 Å². The molecule has 0 saturated heterocycles. The first-order valence-electron chi connectivity index (χ1n) is 5.42. The summed E-state index contributed by atoms with van der Waals surface area (Å²) < 4.78 is 0. The molecule has 2 atom stereocenters. The molecule has 0 aromatic heterocycles. The van der Waals surface area contributed by atoms with Crippen LogP contribution < -0.4 is 0 Å². The van der Waals surface area contributed by atoms with Crippen LogP contribution in [0.1, 0.15) is 26.7 Å². The van der Waals surface area contributed by atoms with Crippen molar-refractivity contribution in [3.8, 4) is 0 Å². The Morgan fingerprint density at radius 1 is 1.07 bits per heavy atom. The van der Waals surface area contributed by atoms with Crippen LogP contribution in [0.3, 0.4) is 0 Å². The van der Waals surface area contributed by atoms with Gasteiger partial charge in [0.1, 0.15) is 0 Å². The number of hydrogen-bond acceptors (Lipinski definition) is 0. The third-order valence-corrected chi connectivity index (χ3v) is 4.51. The Morgan fingerprint density at radius 2 is 1.79 bits per heavy atom. The molecule has 3 aliphatic rings. The summed E-state index contributed by atoms with van der Waals surface area (Å²) in [7, 11) is 0. The van der Waals surface area contributed by atoms with Crippen LogP contribution in [0.4, 0.5) is 0 Å². The SMILES string of the molecule is CC12C=CCC3=CC=CC=C(C1)C32C. The van der Waals surface area contributed by atoms with E-state index < -0.39 is 0 Å². The summed E-state index contributed by atoms with van der Waals surface area (Å²) in [6.45, 7) is 4.80. The molecule has 0 bridgehead atoms. The predicted molar refractivity (Wildman–Crippen MR) is 59.9 cm³/mol. The largest absolute Gasteiger partial charge is 0.0838 e. The van der Waals surface area contributed by atoms with Gasteiger partial charge in [-0.3, -0.25) is 0 Å². The van der Waals surface area contributed by atoms with Crippen LogP contribution in [0.15, 0.2) is 47.6 Å². The lowest BCUT2D eigenvalue weighted by molar-refractivity contribution is 0.108. The highest BCUT2D eigenvalue weighted by atomic mass is 14.6. The second-order valence-electron chi connectivity index (χ2n) is 5.09. The third kappa shape index (κ3) is 0.716. The van der Waals surface area contributed by atoms with Crippen molar-refractivity contribution in [3.63, 3.8) is 0 Å². The topological polar surface area (TPSA) is 0 Å². The first-order chi connectivity index (χ1) is 6.67. The monoisotopic (exact) mass is 184 g/mol. The lowest BCUT2D eigenvalue weighted by Gasteiger charge is -2.60. The van der Waals surface area contributed by atoms with E-state index in [-0.39, 0.29) is 0 Å². The van der Waals surface area contributed by atoms with Gasteiger partial charge in [0.05, 0.1) is 0 Å². The summed E-state index contributed by atoms with van der Waals surface area (Å²) in [4.78, 5) is 0. The third-order valence-electron chi connectivity index (χ3n) is 4.51. The van der Waals surface area contributed by atoms with Crippen LogP contribution in [0.25, 0.3) is 0 Å². The molecular weight excluding hydrogens is 168 g/mol. The van der Waals surface area contributed by atoms with Crippen molar-refractivity contribution in [2.75, 3.05) is 0 Å². The van der Waals surface area contributed by atoms with Gasteiger partial charge < -0.3 is 0 Å². The summed E-state index contributed by atoms with van der Waals surface area (Å²) in [6, 6.07) is 0. The van der Waals surface area contributed by atoms with Gasteiger partial charge in [-0.05, 0) is 12.8 Å². The lowest BCUT2D eigenvalue weighted by Crippen LogP contribution is -2.50. The quantitative estimate of drug-likeness (QED) is 0.502. The highest BCUT2D eigenvalue weighted by Gasteiger charge is 2.57. The molecule has 2 unspecified atom stereocenters. The van der Waals surface area contributed by atoms with Crippen LogP contribution in [0, 0.1) is 10.8 Å². The van der Waals surface area contributed by atoms with Crippen molar-refractivity contribution in [1.29, 1.82) is 0 Å². The molecule has 0 aromatic rings. The van der Waals surface area contributed by atoms with Crippen molar-refractivity contribution in [1.82, 2.24) is 0 Å². The van der Waals surface area contributed by atoms with Gasteiger partial charge in [0.2, 0.25) is 0 Å². The van der Waals surface area contributed by atoms with Gasteiger partial charge in [-0.2, -0.15) is 0 Å². The van der Waals surface area contributed by atoms with Crippen molar-refractivity contribution >= 4 is 0 Å². The van der Waals surface area contributed by atoms with E-state index >= 15 is 0 Å². The van der Waals surface area contributed by atoms with Crippen molar-refractivity contribution < 1.29 is 0 Å². The zero-order valence-electron chi connectivity index (χ0n) is 8.88. The van der Waals surface area contributed by atoms with E-state index in [0.29, 0.717) is 10.8 Å². The Hall–Kier alpha value is -1.04. The molecule has 72 valence electrons. The number of allylic oxidation sites excluding steroid dienone is 8. The average Bonchev–Trinajstić information content (AvgIpc) is 2.31. The minimum absolute atomic E-state index is 0.325. The lowest BCUT2D eigenvalue weighted by atomic mass is 9.43. The van der Waals surface area contributed by atoms with Crippen LogP contribution in [0.2, 0.25) is 0 Å². The van der Waals surface area contributed by atoms with Gasteiger partial charge in [0.15, 0.2) is 0 Å². The standard InChI is InChI=1S/C14H16/c1-13-9-5-8-11-6-3-4-7-12(10-13)14(11,13)2/h3-7,9H,8,10H2,1-2H3. The van der Waals surface area contributed by atoms with Gasteiger partial charge in [-0.1, -0.05) is 61.4 Å². The second kappa shape index (κ2) is 2.31. The van der Waals surface area contributed by atoms with E-state index in [1.54, 1.807) is 11.1 Å². The highest BCUT2D eigenvalue weighted by Crippen LogP contribution is 2.67. The van der Waals surface area contributed by atoms with Crippen LogP contribution >= 0.6 is 0 Å². The second-order valence-corrected chi connectivity index (χ2v) is 5.09. The van der Waals surface area contributed by atoms with Crippen molar-refractivity contribution in [2.24, 2.45) is 10.8 Å². The predicted octanol–water partition coefficient (Wildman–Crippen LogP) is 3.79. The van der Waals surface area contributed by atoms with Gasteiger partial charge in [0, 0.05) is 10.8 Å². The molecule has 1 fully saturated rings. The van der Waals surface area contributed by atoms with Gasteiger partial charge in [0.25, 0.3) is 0 Å². The van der Waals surface area contributed by atoms with Gasteiger partial charge in [-0.15, -0.1) is 0 Å². The Bertz CT molecular complexity index is 406. The molecule has 0 heterocycles. The zero-order chi connectivity index (χ0) is 9.81. The molecule has 0 spiro atoms. The van der Waals surface area contributed by atoms with Crippen molar-refractivity contribution in [2.45, 2.75) is 26.7 Å². The van der Waals surface area contributed by atoms with Gasteiger partial charge >= 0.3 is 0 Å². The molecule has 3 rings (SSSR count). The highest BCUT2D eigenvalue weighted by molar-refractivity contribution is 5.51. The molecule has 0 nitrogen and oxygen atoms in total. The smallest absolute Gasteiger partial charge is 0.0193 e. The fourth-order valence-electron chi connectivity index (χ4n) is 3.26. The van der Waals surface area contributed by atoms with Crippen molar-refractivity contribution in [3.05, 3.63) is 47.6 Å². The number of hydrogen-bond donors (Lipinski definition) is 0. The molecule has 0 N–H and O–H groups in total. The van der Waals surface area contributed by atoms with Crippen LogP contribution in [-0.4, -0.2) is 0 Å². The first-order valence-corrected chi connectivity index (χ1v) is 5.42. The summed E-state index contributed by atoms with van der Waals surface area (Å²) in [5, 5.41) is 0. The maximum absolute atomic E-state index is 2.42. The zero-order valence-corrected chi connectivity index (χ0v) is 8.88. The maximum Gasteiger partial charge on any atom is 0.0193 e. The van der Waals surface area contributed by atoms with E-state index in [0.717, 1.165) is 6.42 Å². The first kappa shape index (κ1) is 8.28. The molecule has 1 saturated carbocycles. The fourth-order valence-corrected chi connectivity index (χ4v) is 3.26. The number of rotatable bonds is 0. The Kier molecular flexibility index (Phi) is 1.36. The molecule has 3 aliphatic carbocycles. The molecule has 0 radical (unpaired) electrons. The molecule has 0 aliphatic heterocycles. The molecule has 14 heavy (non-hydrogen) atoms. The Labute approximate surface area is 85.7 Å². The van der Waals surface area contributed by atoms with E-state index in [4.69, 9.17) is 0 Å². The van der Waals surface area contributed by atoms with E-state index in [9.17, 15) is 0 Å². The molecule has 0 amide bonds. The van der Waals surface area contributed by atoms with E-state index in [2.05, 4.69) is 50.3 Å². The maximum atomic E-state index is 2.42. The summed E-state index contributed by atoms with van der Waals surface area (Å²) >= 11 is 0. The Balaban J connectivity index is 2.23. The minimum Gasteiger partial charge on any atom is -0.0838 e. The molecule has 0 heteroatoms.